The average molecular weight is 396 g/mol. The molecular weight excluding hydrogens is 365 g/mol. The minimum atomic E-state index is -0.134. The molecule has 1 unspecified atom stereocenters. The first-order valence-corrected chi connectivity index (χ1v) is 9.03. The maximum absolute atomic E-state index is 12.4. The number of hydrogen-bond acceptors (Lipinski definition) is 4. The van der Waals surface area contributed by atoms with Crippen LogP contribution in [0.4, 0.5) is 0 Å². The van der Waals surface area contributed by atoms with Gasteiger partial charge in [-0.05, 0) is 69.5 Å². The molecule has 4 nitrogen and oxygen atoms in total. The van der Waals surface area contributed by atoms with Crippen molar-refractivity contribution in [2.75, 3.05) is 13.1 Å². The van der Waals surface area contributed by atoms with Crippen molar-refractivity contribution >= 4 is 42.1 Å². The van der Waals surface area contributed by atoms with Crippen LogP contribution in [0, 0.1) is 5.92 Å². The molecule has 1 aliphatic heterocycles. The van der Waals surface area contributed by atoms with Gasteiger partial charge in [-0.2, -0.15) is 11.3 Å². The zero-order chi connectivity index (χ0) is 16.2. The number of carbonyl (C=O) groups is 1. The van der Waals surface area contributed by atoms with Crippen LogP contribution in [0.5, 0.6) is 0 Å². The van der Waals surface area contributed by atoms with Gasteiger partial charge in [0.1, 0.15) is 0 Å². The third-order valence-electron chi connectivity index (χ3n) is 4.30. The van der Waals surface area contributed by atoms with Gasteiger partial charge in [-0.25, -0.2) is 0 Å². The van der Waals surface area contributed by atoms with Crippen molar-refractivity contribution in [2.24, 2.45) is 5.92 Å². The Bertz CT molecular complexity index is 492. The van der Waals surface area contributed by atoms with Gasteiger partial charge in [-0.1, -0.05) is 0 Å². The fraction of sp³-hybridized carbons (Fsp3) is 0.706. The van der Waals surface area contributed by atoms with Crippen LogP contribution < -0.4 is 16.0 Å². The monoisotopic (exact) mass is 395 g/mol. The molecule has 1 atom stereocenters. The molecule has 1 aromatic heterocycles. The van der Waals surface area contributed by atoms with E-state index in [9.17, 15) is 4.79 Å². The van der Waals surface area contributed by atoms with Gasteiger partial charge in [-0.15, -0.1) is 24.8 Å². The summed E-state index contributed by atoms with van der Waals surface area (Å²) < 4.78 is 0. The van der Waals surface area contributed by atoms with Gasteiger partial charge in [-0.3, -0.25) is 4.79 Å². The number of carbonyl (C=O) groups excluding carboxylic acids is 1. The molecule has 1 aromatic rings. The Morgan fingerprint density at radius 3 is 2.54 bits per heavy atom. The number of nitrogens with one attached hydrogen (secondary N) is 3. The second kappa shape index (κ2) is 9.97. The highest BCUT2D eigenvalue weighted by molar-refractivity contribution is 7.07. The molecule has 140 valence electrons. The smallest absolute Gasteiger partial charge is 0.225 e. The van der Waals surface area contributed by atoms with Crippen LogP contribution in [-0.4, -0.2) is 30.1 Å². The van der Waals surface area contributed by atoms with Crippen molar-refractivity contribution in [3.63, 3.8) is 0 Å². The summed E-state index contributed by atoms with van der Waals surface area (Å²) >= 11 is 1.72. The van der Waals surface area contributed by atoms with Gasteiger partial charge in [0, 0.05) is 24.2 Å². The van der Waals surface area contributed by atoms with Gasteiger partial charge in [0.15, 0.2) is 0 Å². The highest BCUT2D eigenvalue weighted by Crippen LogP contribution is 2.35. The van der Waals surface area contributed by atoms with Gasteiger partial charge < -0.3 is 16.0 Å². The van der Waals surface area contributed by atoms with E-state index in [1.807, 2.05) is 0 Å². The zero-order valence-electron chi connectivity index (χ0n) is 15.0. The molecule has 2 rings (SSSR count). The molecule has 3 N–H and O–H groups in total. The summed E-state index contributed by atoms with van der Waals surface area (Å²) in [7, 11) is 0. The molecule has 1 amide bonds. The Labute approximate surface area is 162 Å². The number of thiophene rings is 1. The van der Waals surface area contributed by atoms with E-state index in [-0.39, 0.29) is 47.7 Å². The fourth-order valence-electron chi connectivity index (χ4n) is 3.37. The standard InChI is InChI=1S/C17H29N3OS.2ClH/c1-16(2)10-14(17(3,4)20-16)15(21)19-8-5-7-18-11-13-6-9-22-12-13;;/h6,9,12,14,18,20H,5,7-8,10-11H2,1-4H3,(H,19,21);2*1H. The predicted octanol–water partition coefficient (Wildman–Crippen LogP) is 3.35. The van der Waals surface area contributed by atoms with E-state index in [1.165, 1.54) is 5.56 Å². The third-order valence-corrected chi connectivity index (χ3v) is 5.03. The molecule has 0 bridgehead atoms. The predicted molar refractivity (Wildman–Crippen MR) is 108 cm³/mol. The molecule has 0 aliphatic carbocycles. The van der Waals surface area contributed by atoms with Crippen LogP contribution in [0.25, 0.3) is 0 Å². The first kappa shape index (κ1) is 23.7. The molecule has 2 heterocycles. The van der Waals surface area contributed by atoms with Crippen molar-refractivity contribution < 1.29 is 4.79 Å². The van der Waals surface area contributed by atoms with E-state index in [0.717, 1.165) is 32.5 Å². The minimum Gasteiger partial charge on any atom is -0.356 e. The Morgan fingerprint density at radius 2 is 2.00 bits per heavy atom. The number of halogens is 2. The molecule has 1 fully saturated rings. The molecule has 0 radical (unpaired) electrons. The van der Waals surface area contributed by atoms with Crippen LogP contribution in [0.2, 0.25) is 0 Å². The van der Waals surface area contributed by atoms with Crippen molar-refractivity contribution in [1.82, 2.24) is 16.0 Å². The lowest BCUT2D eigenvalue weighted by Crippen LogP contribution is -2.48. The van der Waals surface area contributed by atoms with Gasteiger partial charge in [0.25, 0.3) is 0 Å². The maximum atomic E-state index is 12.4. The van der Waals surface area contributed by atoms with Crippen LogP contribution in [0.1, 0.15) is 46.1 Å². The highest BCUT2D eigenvalue weighted by atomic mass is 35.5. The Morgan fingerprint density at radius 1 is 1.29 bits per heavy atom. The van der Waals surface area contributed by atoms with E-state index in [2.05, 4.69) is 60.5 Å². The largest absolute Gasteiger partial charge is 0.356 e. The van der Waals surface area contributed by atoms with E-state index in [1.54, 1.807) is 11.3 Å². The summed E-state index contributed by atoms with van der Waals surface area (Å²) in [4.78, 5) is 12.4. The van der Waals surface area contributed by atoms with E-state index >= 15 is 0 Å². The zero-order valence-corrected chi connectivity index (χ0v) is 17.4. The first-order chi connectivity index (χ1) is 10.3. The number of rotatable bonds is 7. The van der Waals surface area contributed by atoms with Crippen molar-refractivity contribution in [2.45, 2.75) is 58.2 Å². The van der Waals surface area contributed by atoms with Crippen molar-refractivity contribution in [3.05, 3.63) is 22.4 Å². The fourth-order valence-corrected chi connectivity index (χ4v) is 4.04. The molecular formula is C17H31Cl2N3OS. The van der Waals surface area contributed by atoms with Gasteiger partial charge >= 0.3 is 0 Å². The van der Waals surface area contributed by atoms with E-state index < -0.39 is 0 Å². The lowest BCUT2D eigenvalue weighted by molar-refractivity contribution is -0.126. The molecule has 1 saturated heterocycles. The highest BCUT2D eigenvalue weighted by Gasteiger charge is 2.47. The quantitative estimate of drug-likeness (QED) is 0.620. The van der Waals surface area contributed by atoms with Gasteiger partial charge in [0.2, 0.25) is 5.91 Å². The molecule has 7 heteroatoms. The SMILES string of the molecule is CC1(C)CC(C(=O)NCCCNCc2ccsc2)C(C)(C)N1.Cl.Cl. The summed E-state index contributed by atoms with van der Waals surface area (Å²) in [5, 5.41) is 14.3. The average Bonchev–Trinajstić information content (AvgIpc) is 2.98. The summed E-state index contributed by atoms with van der Waals surface area (Å²) in [6.07, 6.45) is 1.85. The second-order valence-corrected chi connectivity index (χ2v) is 8.22. The Balaban J connectivity index is 0.00000264. The normalized spacial score (nSPS) is 20.8. The van der Waals surface area contributed by atoms with E-state index in [4.69, 9.17) is 0 Å². The van der Waals surface area contributed by atoms with Crippen molar-refractivity contribution in [1.29, 1.82) is 0 Å². The molecule has 0 aromatic carbocycles. The molecule has 0 saturated carbocycles. The third kappa shape index (κ3) is 6.89. The lowest BCUT2D eigenvalue weighted by Gasteiger charge is -2.27. The van der Waals surface area contributed by atoms with Crippen LogP contribution in [-0.2, 0) is 11.3 Å². The Kier molecular flexibility index (Phi) is 9.84. The number of amides is 1. The minimum absolute atomic E-state index is 0. The number of hydrogen-bond donors (Lipinski definition) is 3. The summed E-state index contributed by atoms with van der Waals surface area (Å²) in [5.74, 6) is 0.224. The first-order valence-electron chi connectivity index (χ1n) is 8.09. The van der Waals surface area contributed by atoms with E-state index in [0.29, 0.717) is 0 Å². The van der Waals surface area contributed by atoms with Crippen LogP contribution in [0.3, 0.4) is 0 Å². The summed E-state index contributed by atoms with van der Waals surface area (Å²) in [6, 6.07) is 2.14. The van der Waals surface area contributed by atoms with Crippen molar-refractivity contribution in [3.8, 4) is 0 Å². The molecule has 1 aliphatic rings. The summed E-state index contributed by atoms with van der Waals surface area (Å²) in [5.41, 5.74) is 1.23. The molecule has 0 spiro atoms. The van der Waals surface area contributed by atoms with Crippen LogP contribution >= 0.6 is 36.2 Å². The van der Waals surface area contributed by atoms with Gasteiger partial charge in [0.05, 0.1) is 5.92 Å². The molecule has 24 heavy (non-hydrogen) atoms. The Hall–Kier alpha value is -0.330. The maximum Gasteiger partial charge on any atom is 0.225 e. The second-order valence-electron chi connectivity index (χ2n) is 7.44. The topological polar surface area (TPSA) is 53.2 Å². The lowest BCUT2D eigenvalue weighted by atomic mass is 9.86. The summed E-state index contributed by atoms with van der Waals surface area (Å²) in [6.45, 7) is 11.1. The van der Waals surface area contributed by atoms with Crippen LogP contribution in [0.15, 0.2) is 16.8 Å².